The van der Waals surface area contributed by atoms with Gasteiger partial charge in [-0.1, -0.05) is 18.2 Å². The molecule has 0 saturated carbocycles. The number of rotatable bonds is 5. The molecule has 0 aromatic heterocycles. The summed E-state index contributed by atoms with van der Waals surface area (Å²) in [5.74, 6) is 0.251. The van der Waals surface area contributed by atoms with Crippen LogP contribution in [0.25, 0.3) is 0 Å². The summed E-state index contributed by atoms with van der Waals surface area (Å²) in [6, 6.07) is 7.17. The lowest BCUT2D eigenvalue weighted by Gasteiger charge is -2.21. The Kier molecular flexibility index (Phi) is 3.49. The molecule has 90 valence electrons. The minimum absolute atomic E-state index is 0.251. The number of phenols is 1. The Hall–Kier alpha value is -1.75. The van der Waals surface area contributed by atoms with Crippen LogP contribution in [0.15, 0.2) is 39.5 Å². The smallest absolute Gasteiger partial charge is 0.199 e. The molecule has 5 nitrogen and oxygen atoms in total. The number of aromatic hydroxyl groups is 1. The first kappa shape index (κ1) is 11.7. The molecule has 0 radical (unpaired) electrons. The largest absolute Gasteiger partial charge is 0.508 e. The van der Waals surface area contributed by atoms with E-state index >= 15 is 0 Å². The molecule has 1 atom stereocenters. The molecule has 1 aliphatic heterocycles. The van der Waals surface area contributed by atoms with E-state index in [2.05, 4.69) is 15.2 Å². The summed E-state index contributed by atoms with van der Waals surface area (Å²) < 4.78 is 5.38. The molecule has 1 aromatic rings. The van der Waals surface area contributed by atoms with E-state index in [1.807, 2.05) is 19.1 Å². The van der Waals surface area contributed by atoms with Crippen LogP contribution in [0.4, 0.5) is 0 Å². The van der Waals surface area contributed by atoms with Crippen molar-refractivity contribution in [1.82, 2.24) is 0 Å². The first-order chi connectivity index (χ1) is 8.26. The van der Waals surface area contributed by atoms with Gasteiger partial charge in [-0.25, -0.2) is 4.99 Å². The van der Waals surface area contributed by atoms with Gasteiger partial charge in [0.05, 0.1) is 6.61 Å². The van der Waals surface area contributed by atoms with Gasteiger partial charge in [0.15, 0.2) is 5.66 Å². The van der Waals surface area contributed by atoms with Gasteiger partial charge in [-0.15, -0.1) is 5.11 Å². The highest BCUT2D eigenvalue weighted by Crippen LogP contribution is 2.28. The van der Waals surface area contributed by atoms with Gasteiger partial charge in [0.1, 0.15) is 12.1 Å². The Morgan fingerprint density at radius 3 is 2.82 bits per heavy atom. The molecule has 5 heteroatoms. The molecule has 0 fully saturated rings. The maximum absolute atomic E-state index is 9.75. The van der Waals surface area contributed by atoms with Crippen molar-refractivity contribution >= 4 is 6.34 Å². The molecule has 1 aliphatic rings. The van der Waals surface area contributed by atoms with Gasteiger partial charge in [0, 0.05) is 13.0 Å². The Bertz CT molecular complexity index is 431. The number of para-hydroxylation sites is 1. The molecular formula is C12H15N3O2. The number of nitrogens with zero attached hydrogens (tertiary/aromatic N) is 3. The minimum Gasteiger partial charge on any atom is -0.508 e. The quantitative estimate of drug-likeness (QED) is 0.846. The number of azo groups is 1. The molecule has 1 N–H and O–H groups in total. The van der Waals surface area contributed by atoms with E-state index in [4.69, 9.17) is 4.74 Å². The van der Waals surface area contributed by atoms with E-state index in [1.165, 1.54) is 6.34 Å². The fourth-order valence-corrected chi connectivity index (χ4v) is 1.72. The third kappa shape index (κ3) is 2.68. The third-order valence-corrected chi connectivity index (χ3v) is 2.60. The van der Waals surface area contributed by atoms with Gasteiger partial charge in [-0.05, 0) is 18.6 Å². The van der Waals surface area contributed by atoms with Crippen molar-refractivity contribution in [2.45, 2.75) is 19.0 Å². The number of ether oxygens (including phenoxy) is 1. The second-order valence-electron chi connectivity index (χ2n) is 3.89. The van der Waals surface area contributed by atoms with Crippen molar-refractivity contribution < 1.29 is 9.84 Å². The molecule has 0 saturated heterocycles. The van der Waals surface area contributed by atoms with Gasteiger partial charge in [-0.3, -0.25) is 0 Å². The molecule has 2 rings (SSSR count). The van der Waals surface area contributed by atoms with Crippen LogP contribution in [0.2, 0.25) is 0 Å². The van der Waals surface area contributed by atoms with Crippen LogP contribution in [0.3, 0.4) is 0 Å². The summed E-state index contributed by atoms with van der Waals surface area (Å²) >= 11 is 0. The normalized spacial score (nSPS) is 22.2. The maximum atomic E-state index is 9.75. The predicted octanol–water partition coefficient (Wildman–Crippen LogP) is 2.16. The Morgan fingerprint density at radius 1 is 1.35 bits per heavy atom. The van der Waals surface area contributed by atoms with Crippen molar-refractivity contribution in [1.29, 1.82) is 0 Å². The van der Waals surface area contributed by atoms with E-state index < -0.39 is 5.66 Å². The molecule has 0 amide bonds. The zero-order valence-electron chi connectivity index (χ0n) is 9.71. The fourth-order valence-electron chi connectivity index (χ4n) is 1.72. The third-order valence-electron chi connectivity index (χ3n) is 2.60. The molecule has 1 heterocycles. The van der Waals surface area contributed by atoms with Gasteiger partial charge < -0.3 is 9.84 Å². The van der Waals surface area contributed by atoms with E-state index in [9.17, 15) is 5.11 Å². The molecular weight excluding hydrogens is 218 g/mol. The lowest BCUT2D eigenvalue weighted by Crippen LogP contribution is -2.31. The van der Waals surface area contributed by atoms with E-state index in [1.54, 1.807) is 12.1 Å². The summed E-state index contributed by atoms with van der Waals surface area (Å²) in [7, 11) is 0. The first-order valence-corrected chi connectivity index (χ1v) is 5.56. The number of benzene rings is 1. The Morgan fingerprint density at radius 2 is 2.18 bits per heavy atom. The van der Waals surface area contributed by atoms with Crippen LogP contribution in [0.1, 0.15) is 12.5 Å². The summed E-state index contributed by atoms with van der Waals surface area (Å²) in [4.78, 5) is 4.25. The van der Waals surface area contributed by atoms with Gasteiger partial charge >= 0.3 is 0 Å². The highest BCUT2D eigenvalue weighted by Gasteiger charge is 2.32. The minimum atomic E-state index is -0.713. The van der Waals surface area contributed by atoms with Crippen LogP contribution in [-0.4, -0.2) is 30.3 Å². The lowest BCUT2D eigenvalue weighted by atomic mass is 10.0. The molecule has 0 spiro atoms. The van der Waals surface area contributed by atoms with E-state index in [-0.39, 0.29) is 5.75 Å². The topological polar surface area (TPSA) is 66.5 Å². The SMILES string of the molecule is CCOCC1(Cc2ccccc2O)N=CN=N1. The first-order valence-electron chi connectivity index (χ1n) is 5.56. The summed E-state index contributed by atoms with van der Waals surface area (Å²) in [5, 5.41) is 17.6. The van der Waals surface area contributed by atoms with Crippen molar-refractivity contribution in [3.63, 3.8) is 0 Å². The number of aliphatic imine (C=N–C) groups is 1. The second-order valence-corrected chi connectivity index (χ2v) is 3.89. The zero-order valence-corrected chi connectivity index (χ0v) is 9.71. The van der Waals surface area contributed by atoms with Crippen LogP contribution >= 0.6 is 0 Å². The molecule has 1 aromatic carbocycles. The fraction of sp³-hybridized carbons (Fsp3) is 0.417. The van der Waals surface area contributed by atoms with Crippen molar-refractivity contribution in [2.24, 2.45) is 15.2 Å². The number of phenolic OH excluding ortho intramolecular Hbond substituents is 1. The lowest BCUT2D eigenvalue weighted by molar-refractivity contribution is 0.0980. The molecule has 0 aliphatic carbocycles. The average Bonchev–Trinajstić information content (AvgIpc) is 2.79. The number of hydrogen-bond acceptors (Lipinski definition) is 5. The summed E-state index contributed by atoms with van der Waals surface area (Å²) in [5.41, 5.74) is 0.0830. The Balaban J connectivity index is 2.16. The van der Waals surface area contributed by atoms with Crippen LogP contribution in [0, 0.1) is 0 Å². The van der Waals surface area contributed by atoms with Gasteiger partial charge in [-0.2, -0.15) is 5.11 Å². The standard InChI is InChI=1S/C12H15N3O2/c1-2-17-8-12(13-9-14-15-12)7-10-5-3-4-6-11(10)16/h3-6,9,16H,2,7-8H2,1H3. The van der Waals surface area contributed by atoms with Crippen LogP contribution in [0.5, 0.6) is 5.75 Å². The second kappa shape index (κ2) is 5.05. The average molecular weight is 233 g/mol. The van der Waals surface area contributed by atoms with Crippen LogP contribution in [-0.2, 0) is 11.2 Å². The van der Waals surface area contributed by atoms with Crippen molar-refractivity contribution in [2.75, 3.05) is 13.2 Å². The summed E-state index contributed by atoms with van der Waals surface area (Å²) in [6.45, 7) is 2.90. The van der Waals surface area contributed by atoms with Crippen LogP contribution < -0.4 is 0 Å². The van der Waals surface area contributed by atoms with Crippen molar-refractivity contribution in [3.05, 3.63) is 29.8 Å². The molecule has 17 heavy (non-hydrogen) atoms. The van der Waals surface area contributed by atoms with E-state index in [0.29, 0.717) is 19.6 Å². The highest BCUT2D eigenvalue weighted by molar-refractivity contribution is 5.57. The number of hydrogen-bond donors (Lipinski definition) is 1. The highest BCUT2D eigenvalue weighted by atomic mass is 16.5. The van der Waals surface area contributed by atoms with Crippen molar-refractivity contribution in [3.8, 4) is 5.75 Å². The Labute approximate surface area is 99.9 Å². The molecule has 0 bridgehead atoms. The molecule has 1 unspecified atom stereocenters. The summed E-state index contributed by atoms with van der Waals surface area (Å²) in [6.07, 6.45) is 1.92. The zero-order chi connectivity index (χ0) is 12.1. The van der Waals surface area contributed by atoms with Gasteiger partial charge in [0.2, 0.25) is 0 Å². The van der Waals surface area contributed by atoms with Gasteiger partial charge in [0.25, 0.3) is 0 Å². The monoisotopic (exact) mass is 233 g/mol. The maximum Gasteiger partial charge on any atom is 0.199 e. The van der Waals surface area contributed by atoms with E-state index in [0.717, 1.165) is 5.56 Å². The predicted molar refractivity (Wildman–Crippen MR) is 64.4 cm³/mol.